The lowest BCUT2D eigenvalue weighted by Gasteiger charge is -2.32. The standard InChI is InChI=1S/C13H16N2O6/c16-7-9-6-15(3-4-21-9)13(20)14-8-1-2-11(17)10(5-8)12(18)19/h1-2,5,9,16-17H,3-4,6-7H2,(H,14,20)(H,18,19). The average Bonchev–Trinajstić information content (AvgIpc) is 2.49. The van der Waals surface area contributed by atoms with Crippen LogP contribution < -0.4 is 5.32 Å². The van der Waals surface area contributed by atoms with Crippen LogP contribution in [-0.2, 0) is 4.74 Å². The molecule has 1 atom stereocenters. The van der Waals surface area contributed by atoms with Crippen molar-refractivity contribution in [1.82, 2.24) is 4.90 Å². The van der Waals surface area contributed by atoms with Gasteiger partial charge in [0.05, 0.1) is 25.9 Å². The van der Waals surface area contributed by atoms with Gasteiger partial charge >= 0.3 is 12.0 Å². The van der Waals surface area contributed by atoms with E-state index < -0.39 is 18.1 Å². The number of aromatic carboxylic acids is 1. The number of carbonyl (C=O) groups is 2. The highest BCUT2D eigenvalue weighted by atomic mass is 16.5. The van der Waals surface area contributed by atoms with Crippen LogP contribution in [0.2, 0.25) is 0 Å². The molecule has 0 bridgehead atoms. The van der Waals surface area contributed by atoms with Gasteiger partial charge in [-0.3, -0.25) is 0 Å². The minimum Gasteiger partial charge on any atom is -0.507 e. The Hall–Kier alpha value is -2.32. The van der Waals surface area contributed by atoms with Crippen molar-refractivity contribution in [3.63, 3.8) is 0 Å². The van der Waals surface area contributed by atoms with Gasteiger partial charge < -0.3 is 30.3 Å². The second kappa shape index (κ2) is 6.42. The molecule has 1 aliphatic rings. The lowest BCUT2D eigenvalue weighted by atomic mass is 10.2. The van der Waals surface area contributed by atoms with Gasteiger partial charge in [0.15, 0.2) is 0 Å². The van der Waals surface area contributed by atoms with Crippen molar-refractivity contribution < 1.29 is 29.6 Å². The SMILES string of the molecule is O=C(O)c1cc(NC(=O)N2CCOC(CO)C2)ccc1O. The van der Waals surface area contributed by atoms with Crippen molar-refractivity contribution in [3.05, 3.63) is 23.8 Å². The zero-order valence-corrected chi connectivity index (χ0v) is 11.2. The van der Waals surface area contributed by atoms with E-state index in [1.807, 2.05) is 0 Å². The van der Waals surface area contributed by atoms with Crippen LogP contribution in [-0.4, -0.2) is 64.6 Å². The summed E-state index contributed by atoms with van der Waals surface area (Å²) in [6.07, 6.45) is -0.418. The highest BCUT2D eigenvalue weighted by Crippen LogP contribution is 2.21. The Morgan fingerprint density at radius 2 is 2.19 bits per heavy atom. The molecule has 1 aromatic carbocycles. The van der Waals surface area contributed by atoms with Crippen molar-refractivity contribution in [2.45, 2.75) is 6.10 Å². The average molecular weight is 296 g/mol. The van der Waals surface area contributed by atoms with Crippen LogP contribution in [0.15, 0.2) is 18.2 Å². The van der Waals surface area contributed by atoms with Crippen molar-refractivity contribution >= 4 is 17.7 Å². The summed E-state index contributed by atoms with van der Waals surface area (Å²) in [5, 5.41) is 29.9. The van der Waals surface area contributed by atoms with Gasteiger partial charge in [-0.1, -0.05) is 0 Å². The number of benzene rings is 1. The molecular weight excluding hydrogens is 280 g/mol. The fraction of sp³-hybridized carbons (Fsp3) is 0.385. The predicted octanol–water partition coefficient (Wildman–Crippen LogP) is 0.315. The Morgan fingerprint density at radius 3 is 2.86 bits per heavy atom. The number of hydrogen-bond acceptors (Lipinski definition) is 5. The summed E-state index contributed by atoms with van der Waals surface area (Å²) < 4.78 is 5.24. The van der Waals surface area contributed by atoms with E-state index >= 15 is 0 Å². The molecule has 2 amide bonds. The van der Waals surface area contributed by atoms with Crippen molar-refractivity contribution in [3.8, 4) is 5.75 Å². The maximum atomic E-state index is 12.1. The molecule has 8 heteroatoms. The van der Waals surface area contributed by atoms with E-state index in [1.54, 1.807) is 0 Å². The largest absolute Gasteiger partial charge is 0.507 e. The second-order valence-corrected chi connectivity index (χ2v) is 4.59. The van der Waals surface area contributed by atoms with Crippen LogP contribution >= 0.6 is 0 Å². The number of aromatic hydroxyl groups is 1. The Labute approximate surface area is 120 Å². The second-order valence-electron chi connectivity index (χ2n) is 4.59. The number of ether oxygens (including phenoxy) is 1. The zero-order chi connectivity index (χ0) is 15.4. The van der Waals surface area contributed by atoms with Crippen LogP contribution in [0.1, 0.15) is 10.4 Å². The Kier molecular flexibility index (Phi) is 4.61. The van der Waals surface area contributed by atoms with Gasteiger partial charge in [-0.25, -0.2) is 9.59 Å². The Bertz CT molecular complexity index is 547. The maximum absolute atomic E-state index is 12.1. The molecule has 1 aliphatic heterocycles. The number of amides is 2. The molecule has 1 heterocycles. The highest BCUT2D eigenvalue weighted by Gasteiger charge is 2.24. The Balaban J connectivity index is 2.05. The zero-order valence-electron chi connectivity index (χ0n) is 11.2. The monoisotopic (exact) mass is 296 g/mol. The molecule has 2 rings (SSSR count). The highest BCUT2D eigenvalue weighted by molar-refractivity contribution is 5.95. The molecule has 1 fully saturated rings. The van der Waals surface area contributed by atoms with Crippen LogP contribution in [0, 0.1) is 0 Å². The number of nitrogens with zero attached hydrogens (tertiary/aromatic N) is 1. The number of rotatable bonds is 3. The summed E-state index contributed by atoms with van der Waals surface area (Å²) in [7, 11) is 0. The number of nitrogens with one attached hydrogen (secondary N) is 1. The van der Waals surface area contributed by atoms with Gasteiger partial charge in [-0.2, -0.15) is 0 Å². The quantitative estimate of drug-likeness (QED) is 0.596. The molecule has 8 nitrogen and oxygen atoms in total. The van der Waals surface area contributed by atoms with E-state index in [0.717, 1.165) is 0 Å². The first-order chi connectivity index (χ1) is 10.0. The van der Waals surface area contributed by atoms with Crippen molar-refractivity contribution in [2.75, 3.05) is 31.6 Å². The molecule has 1 aromatic rings. The van der Waals surface area contributed by atoms with Gasteiger partial charge in [-0.05, 0) is 18.2 Å². The number of morpholine rings is 1. The molecule has 0 spiro atoms. The topological polar surface area (TPSA) is 119 Å². The van der Waals surface area contributed by atoms with E-state index in [9.17, 15) is 14.7 Å². The number of carboxylic acids is 1. The van der Waals surface area contributed by atoms with Gasteiger partial charge in [0.2, 0.25) is 0 Å². The molecule has 4 N–H and O–H groups in total. The number of carboxylic acid groups (broad SMARTS) is 1. The molecule has 0 radical (unpaired) electrons. The number of aliphatic hydroxyl groups excluding tert-OH is 1. The van der Waals surface area contributed by atoms with E-state index in [-0.39, 0.29) is 30.2 Å². The minimum absolute atomic E-state index is 0.174. The van der Waals surface area contributed by atoms with Crippen molar-refractivity contribution in [2.24, 2.45) is 0 Å². The third-order valence-electron chi connectivity index (χ3n) is 3.11. The van der Waals surface area contributed by atoms with Crippen LogP contribution in [0.3, 0.4) is 0 Å². The molecule has 1 saturated heterocycles. The smallest absolute Gasteiger partial charge is 0.339 e. The number of hydrogen-bond donors (Lipinski definition) is 4. The lowest BCUT2D eigenvalue weighted by Crippen LogP contribution is -2.48. The Morgan fingerprint density at radius 1 is 1.43 bits per heavy atom. The van der Waals surface area contributed by atoms with Crippen LogP contribution in [0.4, 0.5) is 10.5 Å². The van der Waals surface area contributed by atoms with E-state index in [1.165, 1.54) is 23.1 Å². The van der Waals surface area contributed by atoms with E-state index in [4.69, 9.17) is 14.9 Å². The van der Waals surface area contributed by atoms with Gasteiger partial charge in [0.1, 0.15) is 11.3 Å². The first-order valence-electron chi connectivity index (χ1n) is 6.36. The molecular formula is C13H16N2O6. The van der Waals surface area contributed by atoms with E-state index in [2.05, 4.69) is 5.32 Å². The summed E-state index contributed by atoms with van der Waals surface area (Å²) in [6.45, 7) is 0.791. The molecule has 0 aliphatic carbocycles. The van der Waals surface area contributed by atoms with Gasteiger partial charge in [0.25, 0.3) is 0 Å². The molecule has 21 heavy (non-hydrogen) atoms. The van der Waals surface area contributed by atoms with E-state index in [0.29, 0.717) is 13.2 Å². The summed E-state index contributed by atoms with van der Waals surface area (Å²) in [4.78, 5) is 24.4. The number of urea groups is 1. The number of phenols is 1. The summed E-state index contributed by atoms with van der Waals surface area (Å²) in [5.41, 5.74) is -0.0229. The predicted molar refractivity (Wildman–Crippen MR) is 72.5 cm³/mol. The molecule has 1 unspecified atom stereocenters. The first-order valence-corrected chi connectivity index (χ1v) is 6.36. The summed E-state index contributed by atoms with van der Waals surface area (Å²) >= 11 is 0. The summed E-state index contributed by atoms with van der Waals surface area (Å²) in [6, 6.07) is 3.37. The van der Waals surface area contributed by atoms with Gasteiger partial charge in [0, 0.05) is 12.2 Å². The first kappa shape index (κ1) is 15.1. The number of carbonyl (C=O) groups excluding carboxylic acids is 1. The van der Waals surface area contributed by atoms with Gasteiger partial charge in [-0.15, -0.1) is 0 Å². The minimum atomic E-state index is -1.28. The third kappa shape index (κ3) is 3.61. The number of aliphatic hydroxyl groups is 1. The van der Waals surface area contributed by atoms with Crippen molar-refractivity contribution in [1.29, 1.82) is 0 Å². The fourth-order valence-corrected chi connectivity index (χ4v) is 2.00. The summed E-state index contributed by atoms with van der Waals surface area (Å²) in [5.74, 6) is -1.65. The van der Waals surface area contributed by atoms with Crippen LogP contribution in [0.25, 0.3) is 0 Å². The molecule has 0 saturated carbocycles. The lowest BCUT2D eigenvalue weighted by molar-refractivity contribution is -0.0388. The third-order valence-corrected chi connectivity index (χ3v) is 3.11. The molecule has 0 aromatic heterocycles. The van der Waals surface area contributed by atoms with Crippen LogP contribution in [0.5, 0.6) is 5.75 Å². The number of anilines is 1. The fourth-order valence-electron chi connectivity index (χ4n) is 2.00. The maximum Gasteiger partial charge on any atom is 0.339 e. The molecule has 114 valence electrons. The normalized spacial score (nSPS) is 18.3.